The molecule has 0 N–H and O–H groups in total. The van der Waals surface area contributed by atoms with Gasteiger partial charge in [-0.3, -0.25) is 0 Å². The van der Waals surface area contributed by atoms with Gasteiger partial charge in [-0.2, -0.15) is 10.5 Å². The molecule has 4 aliphatic rings. The van der Waals surface area contributed by atoms with Gasteiger partial charge in [-0.15, -0.1) is 68.9 Å². The summed E-state index contributed by atoms with van der Waals surface area (Å²) in [6.07, 6.45) is 1.11. The third-order valence-corrected chi connectivity index (χ3v) is 16.9. The molecule has 0 saturated carbocycles. The highest BCUT2D eigenvalue weighted by atomic mass is 32.3. The minimum Gasteiger partial charge on any atom is -0.198 e. The maximum absolute atomic E-state index is 8.94. The van der Waals surface area contributed by atoms with Gasteiger partial charge in [-0.1, -0.05) is 59.9 Å². The van der Waals surface area contributed by atoms with Gasteiger partial charge in [0.25, 0.3) is 0 Å². The normalized spacial score (nSPS) is 14.1. The molecular weight excluding hydrogens is 573 g/mol. The van der Waals surface area contributed by atoms with Crippen LogP contribution in [-0.2, 0) is 0 Å². The molecule has 6 rings (SSSR count). The first kappa shape index (κ1) is 23.3. The van der Waals surface area contributed by atoms with Crippen molar-refractivity contribution in [3.8, 4) is 12.1 Å². The van der Waals surface area contributed by atoms with Gasteiger partial charge in [0.2, 0.25) is 0 Å². The quantitative estimate of drug-likeness (QED) is 0.185. The minimum atomic E-state index is 0.555. The summed E-state index contributed by atoms with van der Waals surface area (Å²) < 4.78 is 10.9. The number of hydrogen-bond acceptors (Lipinski definition) is 10. The summed E-state index contributed by atoms with van der Waals surface area (Å²) in [5, 5.41) is 23.3. The monoisotopic (exact) mass is 586 g/mol. The number of fused-ring (bicyclic) bond motifs is 2. The Labute approximate surface area is 228 Å². The second kappa shape index (κ2) is 10.1. The highest BCUT2D eigenvalue weighted by molar-refractivity contribution is 8.45. The van der Waals surface area contributed by atoms with E-state index in [1.807, 2.05) is 68.9 Å². The van der Waals surface area contributed by atoms with Crippen molar-refractivity contribution in [2.24, 2.45) is 0 Å². The summed E-state index contributed by atoms with van der Waals surface area (Å²) in [4.78, 5) is 0. The molecule has 0 unspecified atom stereocenters. The van der Waals surface area contributed by atoms with Gasteiger partial charge < -0.3 is 0 Å². The lowest BCUT2D eigenvalue weighted by Crippen LogP contribution is -1.86. The van der Waals surface area contributed by atoms with Gasteiger partial charge in [0.15, 0.2) is 0 Å². The van der Waals surface area contributed by atoms with Crippen LogP contribution < -0.4 is 3.85 Å². The van der Waals surface area contributed by atoms with Crippen molar-refractivity contribution in [2.75, 3.05) is 11.5 Å². The summed E-state index contributed by atoms with van der Waals surface area (Å²) in [6.45, 7) is 0. The van der Waals surface area contributed by atoms with Crippen LogP contribution in [0.15, 0.2) is 44.9 Å². The Hall–Kier alpha value is -1.08. The summed E-state index contributed by atoms with van der Waals surface area (Å²) in [7, 11) is 0. The highest BCUT2D eigenvalue weighted by Crippen LogP contribution is 2.58. The Morgan fingerprint density at radius 2 is 1.21 bits per heavy atom. The molecule has 0 bridgehead atoms. The third-order valence-electron chi connectivity index (χ3n) is 5.13. The zero-order valence-electron chi connectivity index (χ0n) is 17.5. The van der Waals surface area contributed by atoms with Gasteiger partial charge >= 0.3 is 0 Å². The Bertz CT molecular complexity index is 1730. The van der Waals surface area contributed by atoms with E-state index < -0.39 is 0 Å². The number of nitriles is 2. The first-order valence-corrected chi connectivity index (χ1v) is 17.2. The number of rotatable bonds is 6. The maximum atomic E-state index is 8.94. The lowest BCUT2D eigenvalue weighted by molar-refractivity contribution is 1.24. The Kier molecular flexibility index (Phi) is 6.94. The van der Waals surface area contributed by atoms with E-state index >= 15 is 0 Å². The van der Waals surface area contributed by atoms with Crippen LogP contribution in [0.3, 0.4) is 0 Å². The van der Waals surface area contributed by atoms with Crippen molar-refractivity contribution in [2.45, 2.75) is 12.8 Å². The van der Waals surface area contributed by atoms with Crippen molar-refractivity contribution >= 4 is 118 Å². The molecule has 0 saturated heterocycles. The van der Waals surface area contributed by atoms with Crippen molar-refractivity contribution in [3.05, 3.63) is 65.5 Å². The molecular formula is C24H14N2S8. The van der Waals surface area contributed by atoms with Gasteiger partial charge in [-0.25, -0.2) is 0 Å². The number of thioether (sulfide) groups is 4. The first-order chi connectivity index (χ1) is 16.8. The average Bonchev–Trinajstić information content (AvgIpc) is 3.54. The van der Waals surface area contributed by atoms with Gasteiger partial charge in [0, 0.05) is 35.1 Å². The molecule has 3 aliphatic heterocycles. The third kappa shape index (κ3) is 4.23. The predicted molar refractivity (Wildman–Crippen MR) is 159 cm³/mol. The Balaban J connectivity index is 1.43. The molecule has 1 aliphatic carbocycles. The van der Waals surface area contributed by atoms with E-state index in [0.717, 1.165) is 11.5 Å². The molecule has 0 spiro atoms. The predicted octanol–water partition coefficient (Wildman–Crippen LogP) is 8.94. The fourth-order valence-corrected chi connectivity index (χ4v) is 15.8. The first-order valence-electron chi connectivity index (χ1n) is 10.3. The smallest absolute Gasteiger partial charge is 0.109 e. The van der Waals surface area contributed by atoms with E-state index in [1.165, 1.54) is 54.9 Å². The van der Waals surface area contributed by atoms with Crippen LogP contribution in [0, 0.1) is 39.4 Å². The topological polar surface area (TPSA) is 47.6 Å². The van der Waals surface area contributed by atoms with Crippen molar-refractivity contribution in [1.29, 1.82) is 10.5 Å². The second-order valence-corrected chi connectivity index (χ2v) is 17.1. The molecule has 3 heterocycles. The molecule has 10 heteroatoms. The number of hydrogen-bond donors (Lipinski definition) is 0. The van der Waals surface area contributed by atoms with Gasteiger partial charge in [0.1, 0.15) is 11.5 Å². The minimum absolute atomic E-state index is 0.555. The molecule has 0 radical (unpaired) electrons. The van der Waals surface area contributed by atoms with Crippen LogP contribution in [0.5, 0.6) is 0 Å². The zero-order valence-corrected chi connectivity index (χ0v) is 24.0. The lowest BCUT2D eigenvalue weighted by Gasteiger charge is -2.01. The Morgan fingerprint density at radius 1 is 0.676 bits per heavy atom. The lowest BCUT2D eigenvalue weighted by atomic mass is 10.1. The summed E-state index contributed by atoms with van der Waals surface area (Å²) in [6, 6.07) is 17.8. The van der Waals surface area contributed by atoms with Gasteiger partial charge in [-0.05, 0) is 10.8 Å². The van der Waals surface area contributed by atoms with Crippen molar-refractivity contribution in [3.63, 3.8) is 0 Å². The molecule has 0 atom stereocenters. The molecule has 0 amide bonds. The van der Waals surface area contributed by atoms with E-state index in [1.54, 1.807) is 23.5 Å². The van der Waals surface area contributed by atoms with E-state index in [9.17, 15) is 0 Å². The van der Waals surface area contributed by atoms with Crippen LogP contribution in [0.1, 0.15) is 12.8 Å². The molecule has 0 fully saturated rings. The maximum Gasteiger partial charge on any atom is 0.109 e. The molecule has 0 aromatic heterocycles. The van der Waals surface area contributed by atoms with E-state index in [4.69, 9.17) is 10.5 Å². The SMILES string of the molecule is N#CCCSC1=C(SCCC#N)SC(=c2sc3sc4c5cccc6cccc(c=4sc=3s2)c65)S1. The number of benzene rings is 2. The van der Waals surface area contributed by atoms with E-state index in [0.29, 0.717) is 12.8 Å². The molecule has 2 aromatic rings. The van der Waals surface area contributed by atoms with Crippen LogP contribution in [0.2, 0.25) is 0 Å². The van der Waals surface area contributed by atoms with Crippen molar-refractivity contribution < 1.29 is 0 Å². The zero-order chi connectivity index (χ0) is 23.1. The van der Waals surface area contributed by atoms with Gasteiger partial charge in [0.05, 0.1) is 33.9 Å². The standard InChI is InChI=1S/C24H14N2S8/c25-9-3-11-27-19-20(28-12-4-10-26)32-23(31-19)24-33-21-22(34-24)30-18-15-8-2-6-13-5-1-7-14(16(13)15)17(18)29-21/h1-2,5-8H,3-4,11-12H2. The molecule has 34 heavy (non-hydrogen) atoms. The molecule has 168 valence electrons. The second-order valence-electron chi connectivity index (χ2n) is 7.22. The van der Waals surface area contributed by atoms with E-state index in [-0.39, 0.29) is 0 Å². The van der Waals surface area contributed by atoms with Crippen LogP contribution >= 0.6 is 92.4 Å². The van der Waals surface area contributed by atoms with E-state index in [2.05, 4.69) is 48.5 Å². The average molecular weight is 587 g/mol. The van der Waals surface area contributed by atoms with Crippen LogP contribution in [-0.4, -0.2) is 11.5 Å². The molecule has 2 nitrogen and oxygen atoms in total. The highest BCUT2D eigenvalue weighted by Gasteiger charge is 2.23. The van der Waals surface area contributed by atoms with Crippen LogP contribution in [0.4, 0.5) is 0 Å². The largest absolute Gasteiger partial charge is 0.198 e. The fourth-order valence-electron chi connectivity index (χ4n) is 3.74. The summed E-state index contributed by atoms with van der Waals surface area (Å²) >= 11 is 14.9. The Morgan fingerprint density at radius 3 is 1.71 bits per heavy atom. The van der Waals surface area contributed by atoms with Crippen LogP contribution in [0.25, 0.3) is 25.8 Å². The summed E-state index contributed by atoms with van der Waals surface area (Å²) in [5.41, 5.74) is 0. The fraction of sp³-hybridized carbons (Fsp3) is 0.167. The summed E-state index contributed by atoms with van der Waals surface area (Å²) in [5.74, 6) is 1.62. The molecule has 2 aromatic carbocycles. The number of nitrogens with zero attached hydrogens (tertiary/aromatic N) is 2. The van der Waals surface area contributed by atoms with Crippen molar-refractivity contribution in [1.82, 2.24) is 0 Å².